The fraction of sp³-hybridized carbons (Fsp3) is 0.345. The van der Waals surface area contributed by atoms with E-state index in [9.17, 15) is 14.7 Å². The fourth-order valence-electron chi connectivity index (χ4n) is 5.76. The van der Waals surface area contributed by atoms with Gasteiger partial charge in [0.2, 0.25) is 5.91 Å². The van der Waals surface area contributed by atoms with Gasteiger partial charge in [0.15, 0.2) is 0 Å². The second kappa shape index (κ2) is 9.87. The molecule has 1 aromatic heterocycles. The minimum Gasteiger partial charge on any atom is -0.481 e. The average molecular weight is 523 g/mol. The van der Waals surface area contributed by atoms with E-state index in [4.69, 9.17) is 23.2 Å². The number of benzene rings is 2. The van der Waals surface area contributed by atoms with E-state index in [0.29, 0.717) is 16.5 Å². The maximum absolute atomic E-state index is 14.4. The van der Waals surface area contributed by atoms with Crippen LogP contribution in [0.4, 0.5) is 0 Å². The van der Waals surface area contributed by atoms with E-state index in [0.717, 1.165) is 29.7 Å². The molecule has 0 spiro atoms. The number of aromatic nitrogens is 1. The Bertz CT molecular complexity index is 1260. The normalized spacial score (nSPS) is 25.0. The van der Waals surface area contributed by atoms with Gasteiger partial charge in [0.05, 0.1) is 29.6 Å². The Morgan fingerprint density at radius 2 is 1.81 bits per heavy atom. The van der Waals surface area contributed by atoms with Crippen LogP contribution in [0.2, 0.25) is 10.0 Å². The Morgan fingerprint density at radius 3 is 2.42 bits per heavy atom. The summed E-state index contributed by atoms with van der Waals surface area (Å²) in [5.74, 6) is -1.03. The van der Waals surface area contributed by atoms with E-state index in [-0.39, 0.29) is 36.2 Å². The number of carbonyl (C=O) groups excluding carboxylic acids is 1. The van der Waals surface area contributed by atoms with Gasteiger partial charge in [0, 0.05) is 22.2 Å². The van der Waals surface area contributed by atoms with E-state index in [1.807, 2.05) is 71.6 Å². The van der Waals surface area contributed by atoms with Crippen LogP contribution in [0.5, 0.6) is 0 Å². The van der Waals surface area contributed by atoms with E-state index < -0.39 is 11.4 Å². The van der Waals surface area contributed by atoms with Crippen molar-refractivity contribution in [3.63, 3.8) is 0 Å². The van der Waals surface area contributed by atoms with Crippen molar-refractivity contribution in [2.45, 2.75) is 50.6 Å². The number of aliphatic carboxylic acids is 1. The number of pyridine rings is 1. The van der Waals surface area contributed by atoms with Crippen LogP contribution in [0.3, 0.4) is 0 Å². The Labute approximate surface area is 221 Å². The summed E-state index contributed by atoms with van der Waals surface area (Å²) in [5.41, 5.74) is 1.68. The molecule has 3 aromatic rings. The molecule has 2 heterocycles. The van der Waals surface area contributed by atoms with Gasteiger partial charge in [-0.1, -0.05) is 60.5 Å². The number of carboxylic acids is 1. The van der Waals surface area contributed by atoms with Crippen molar-refractivity contribution in [1.29, 1.82) is 0 Å². The molecule has 186 valence electrons. The lowest BCUT2D eigenvalue weighted by molar-refractivity contribution is -0.161. The molecular weight excluding hydrogens is 495 g/mol. The largest absolute Gasteiger partial charge is 0.481 e. The van der Waals surface area contributed by atoms with Crippen molar-refractivity contribution in [1.82, 2.24) is 9.88 Å². The third kappa shape index (κ3) is 4.87. The van der Waals surface area contributed by atoms with Gasteiger partial charge in [0.25, 0.3) is 0 Å². The number of piperidine rings is 1. The summed E-state index contributed by atoms with van der Waals surface area (Å²) in [4.78, 5) is 33.0. The molecule has 1 aliphatic heterocycles. The van der Waals surface area contributed by atoms with Gasteiger partial charge < -0.3 is 10.0 Å². The molecule has 1 amide bonds. The highest BCUT2D eigenvalue weighted by Gasteiger charge is 2.55. The first-order valence-corrected chi connectivity index (χ1v) is 13.0. The standard InChI is InChI=1S/C29H28Cl2N2O3/c1-29(17-25(34)35)16-23(20-5-4-6-22(31)15-20)26(18-10-12-21(30)13-11-18)33(28(29)36)27(19-8-9-19)24-7-2-3-14-32-24/h2-7,10-15,19,23,26-27H,8-9,16-17H2,1H3,(H,34,35)/t23-,26-,27+,29-/m1/s1. The number of carboxylic acid groups (broad SMARTS) is 1. The number of rotatable bonds is 7. The van der Waals surface area contributed by atoms with Gasteiger partial charge in [-0.25, -0.2) is 0 Å². The van der Waals surface area contributed by atoms with Crippen molar-refractivity contribution in [3.8, 4) is 0 Å². The minimum atomic E-state index is -1.08. The Kier molecular flexibility index (Phi) is 6.80. The molecule has 1 aliphatic carbocycles. The molecular formula is C29H28Cl2N2O3. The molecule has 0 unspecified atom stereocenters. The highest BCUT2D eigenvalue weighted by molar-refractivity contribution is 6.30. The first-order chi connectivity index (χ1) is 17.3. The SMILES string of the molecule is C[C@]1(CC(=O)O)C[C@H](c2cccc(Cl)c2)[C@@H](c2ccc(Cl)cc2)N([C@H](c2ccccn2)C2CC2)C1=O. The van der Waals surface area contributed by atoms with Crippen LogP contribution in [-0.2, 0) is 9.59 Å². The van der Waals surface area contributed by atoms with Crippen LogP contribution in [0.1, 0.15) is 67.4 Å². The van der Waals surface area contributed by atoms with Crippen LogP contribution in [0.15, 0.2) is 72.9 Å². The van der Waals surface area contributed by atoms with Crippen molar-refractivity contribution in [2.75, 3.05) is 0 Å². The summed E-state index contributed by atoms with van der Waals surface area (Å²) in [6.07, 6.45) is 3.89. The number of likely N-dealkylation sites (tertiary alicyclic amines) is 1. The van der Waals surface area contributed by atoms with Crippen molar-refractivity contribution in [2.24, 2.45) is 11.3 Å². The van der Waals surface area contributed by atoms with Crippen LogP contribution in [0.25, 0.3) is 0 Å². The molecule has 0 bridgehead atoms. The second-order valence-electron chi connectivity index (χ2n) is 10.2. The summed E-state index contributed by atoms with van der Waals surface area (Å²) in [6.45, 7) is 1.79. The molecule has 2 fully saturated rings. The molecule has 1 saturated heterocycles. The highest BCUT2D eigenvalue weighted by atomic mass is 35.5. The van der Waals surface area contributed by atoms with Crippen LogP contribution in [-0.4, -0.2) is 26.9 Å². The zero-order valence-electron chi connectivity index (χ0n) is 20.0. The summed E-state index contributed by atoms with van der Waals surface area (Å²) < 4.78 is 0. The zero-order chi connectivity index (χ0) is 25.4. The lowest BCUT2D eigenvalue weighted by Gasteiger charge is -2.52. The molecule has 36 heavy (non-hydrogen) atoms. The van der Waals surface area contributed by atoms with Crippen molar-refractivity contribution >= 4 is 35.1 Å². The molecule has 7 heteroatoms. The van der Waals surface area contributed by atoms with Crippen molar-refractivity contribution in [3.05, 3.63) is 99.8 Å². The summed E-state index contributed by atoms with van der Waals surface area (Å²) in [6, 6.07) is 20.5. The number of nitrogens with zero attached hydrogens (tertiary/aromatic N) is 2. The zero-order valence-corrected chi connectivity index (χ0v) is 21.5. The lowest BCUT2D eigenvalue weighted by atomic mass is 9.66. The molecule has 1 N–H and O–H groups in total. The Morgan fingerprint density at radius 1 is 1.06 bits per heavy atom. The molecule has 4 atom stereocenters. The van der Waals surface area contributed by atoms with Gasteiger partial charge in [-0.2, -0.15) is 0 Å². The van der Waals surface area contributed by atoms with Crippen molar-refractivity contribution < 1.29 is 14.7 Å². The maximum Gasteiger partial charge on any atom is 0.304 e. The van der Waals surface area contributed by atoms with Gasteiger partial charge in [0.1, 0.15) is 0 Å². The number of amides is 1. The maximum atomic E-state index is 14.4. The lowest BCUT2D eigenvalue weighted by Crippen LogP contribution is -2.54. The van der Waals surface area contributed by atoms with E-state index in [2.05, 4.69) is 4.98 Å². The second-order valence-corrected chi connectivity index (χ2v) is 11.1. The third-order valence-electron chi connectivity index (χ3n) is 7.49. The third-order valence-corrected chi connectivity index (χ3v) is 7.98. The summed E-state index contributed by atoms with van der Waals surface area (Å²) >= 11 is 12.7. The molecule has 5 rings (SSSR count). The van der Waals surface area contributed by atoms with Crippen LogP contribution < -0.4 is 0 Å². The number of halogens is 2. The van der Waals surface area contributed by atoms with Gasteiger partial charge in [-0.3, -0.25) is 14.6 Å². The Balaban J connectivity index is 1.73. The van der Waals surface area contributed by atoms with E-state index >= 15 is 0 Å². The first-order valence-electron chi connectivity index (χ1n) is 12.2. The molecule has 2 aromatic carbocycles. The number of hydrogen-bond acceptors (Lipinski definition) is 3. The summed E-state index contributed by atoms with van der Waals surface area (Å²) in [5, 5.41) is 11.0. The highest BCUT2D eigenvalue weighted by Crippen LogP contribution is 2.57. The fourth-order valence-corrected chi connectivity index (χ4v) is 6.09. The quantitative estimate of drug-likeness (QED) is 0.359. The number of carbonyl (C=O) groups is 2. The number of hydrogen-bond donors (Lipinski definition) is 1. The average Bonchev–Trinajstić information content (AvgIpc) is 3.68. The predicted octanol–water partition coefficient (Wildman–Crippen LogP) is 7.08. The van der Waals surface area contributed by atoms with Gasteiger partial charge in [-0.15, -0.1) is 0 Å². The predicted molar refractivity (Wildman–Crippen MR) is 140 cm³/mol. The van der Waals surface area contributed by atoms with E-state index in [1.165, 1.54) is 0 Å². The van der Waals surface area contributed by atoms with Gasteiger partial charge >= 0.3 is 5.97 Å². The molecule has 0 radical (unpaired) electrons. The first kappa shape index (κ1) is 24.8. The topological polar surface area (TPSA) is 70.5 Å². The smallest absolute Gasteiger partial charge is 0.304 e. The summed E-state index contributed by atoms with van der Waals surface area (Å²) in [7, 11) is 0. The molecule has 2 aliphatic rings. The monoisotopic (exact) mass is 522 g/mol. The molecule has 1 saturated carbocycles. The van der Waals surface area contributed by atoms with Crippen LogP contribution in [0, 0.1) is 11.3 Å². The van der Waals surface area contributed by atoms with Crippen LogP contribution >= 0.6 is 23.2 Å². The minimum absolute atomic E-state index is 0.148. The molecule has 5 nitrogen and oxygen atoms in total. The Hall–Kier alpha value is -2.89. The van der Waals surface area contributed by atoms with E-state index in [1.54, 1.807) is 13.1 Å². The van der Waals surface area contributed by atoms with Gasteiger partial charge in [-0.05, 0) is 72.7 Å².